The van der Waals surface area contributed by atoms with E-state index in [2.05, 4.69) is 5.32 Å². The maximum atomic E-state index is 12.0. The van der Waals surface area contributed by atoms with Crippen molar-refractivity contribution in [3.05, 3.63) is 17.6 Å². The predicted molar refractivity (Wildman–Crippen MR) is 71.5 cm³/mol. The van der Waals surface area contributed by atoms with E-state index in [1.807, 2.05) is 0 Å². The molecular formula is C13H18N2O4S. The largest absolute Gasteiger partial charge is 0.455 e. The number of furan rings is 1. The zero-order valence-corrected chi connectivity index (χ0v) is 12.1. The van der Waals surface area contributed by atoms with Gasteiger partial charge in [-0.3, -0.25) is 4.79 Å². The molecule has 7 heteroatoms. The third-order valence-corrected chi connectivity index (χ3v) is 5.36. The monoisotopic (exact) mass is 298 g/mol. The minimum atomic E-state index is -3.85. The van der Waals surface area contributed by atoms with Crippen LogP contribution in [0.1, 0.15) is 42.0 Å². The van der Waals surface area contributed by atoms with Crippen LogP contribution in [0.25, 0.3) is 0 Å². The number of rotatable bonds is 5. The Morgan fingerprint density at radius 1 is 1.50 bits per heavy atom. The third kappa shape index (κ3) is 2.47. The van der Waals surface area contributed by atoms with Crippen molar-refractivity contribution in [3.63, 3.8) is 0 Å². The molecular weight excluding hydrogens is 280 g/mol. The Morgan fingerprint density at radius 2 is 2.15 bits per heavy atom. The highest BCUT2D eigenvalue weighted by Gasteiger charge is 2.53. The van der Waals surface area contributed by atoms with Crippen LogP contribution >= 0.6 is 0 Å². The van der Waals surface area contributed by atoms with Gasteiger partial charge in [-0.05, 0) is 43.9 Å². The van der Waals surface area contributed by atoms with Crippen molar-refractivity contribution >= 4 is 15.9 Å². The molecule has 6 nitrogen and oxygen atoms in total. The zero-order chi connectivity index (χ0) is 14.5. The molecule has 20 heavy (non-hydrogen) atoms. The number of hydrogen-bond donors (Lipinski definition) is 2. The van der Waals surface area contributed by atoms with Crippen LogP contribution in [0.15, 0.2) is 15.4 Å². The molecule has 2 aliphatic rings. The van der Waals surface area contributed by atoms with Gasteiger partial charge in [0.2, 0.25) is 10.0 Å². The quantitative estimate of drug-likeness (QED) is 0.851. The molecule has 0 spiro atoms. The lowest BCUT2D eigenvalue weighted by molar-refractivity contribution is 0.0913. The molecule has 110 valence electrons. The van der Waals surface area contributed by atoms with Crippen LogP contribution < -0.4 is 10.5 Å². The second kappa shape index (κ2) is 4.33. The molecule has 2 aliphatic carbocycles. The summed E-state index contributed by atoms with van der Waals surface area (Å²) in [6.07, 6.45) is 4.84. The number of sulfonamides is 1. The van der Waals surface area contributed by atoms with Gasteiger partial charge in [0.05, 0.1) is 0 Å². The molecule has 1 heterocycles. The summed E-state index contributed by atoms with van der Waals surface area (Å²) < 4.78 is 27.8. The van der Waals surface area contributed by atoms with Crippen LogP contribution in [0.2, 0.25) is 0 Å². The fourth-order valence-electron chi connectivity index (χ4n) is 2.79. The highest BCUT2D eigenvalue weighted by atomic mass is 32.2. The van der Waals surface area contributed by atoms with Crippen molar-refractivity contribution in [2.75, 3.05) is 6.54 Å². The van der Waals surface area contributed by atoms with E-state index in [0.717, 1.165) is 18.8 Å². The van der Waals surface area contributed by atoms with Crippen LogP contribution in [-0.2, 0) is 10.0 Å². The minimum absolute atomic E-state index is 0.00174. The SMILES string of the molecule is Cc1oc(C(=O)NCC2(C3CC3)CC2)cc1S(N)(=O)=O. The molecule has 1 aromatic rings. The number of amides is 1. The highest BCUT2D eigenvalue weighted by Crippen LogP contribution is 2.60. The normalized spacial score (nSPS) is 20.7. The summed E-state index contributed by atoms with van der Waals surface area (Å²) >= 11 is 0. The summed E-state index contributed by atoms with van der Waals surface area (Å²) in [4.78, 5) is 11.9. The second-order valence-corrected chi connectivity index (χ2v) is 7.43. The van der Waals surface area contributed by atoms with Gasteiger partial charge in [-0.25, -0.2) is 13.6 Å². The maximum Gasteiger partial charge on any atom is 0.287 e. The average molecular weight is 298 g/mol. The van der Waals surface area contributed by atoms with Gasteiger partial charge in [0, 0.05) is 12.6 Å². The standard InChI is InChI=1S/C13H18N2O4S/c1-8-11(20(14,17)18)6-10(19-8)12(16)15-7-13(4-5-13)9-2-3-9/h6,9H,2-5,7H2,1H3,(H,15,16)(H2,14,17,18). The Kier molecular flexibility index (Phi) is 2.95. The number of primary sulfonamides is 1. The average Bonchev–Trinajstić information content (AvgIpc) is 3.22. The lowest BCUT2D eigenvalue weighted by Crippen LogP contribution is -2.30. The number of hydrogen-bond acceptors (Lipinski definition) is 4. The molecule has 0 aromatic carbocycles. The molecule has 0 radical (unpaired) electrons. The first-order chi connectivity index (χ1) is 9.32. The minimum Gasteiger partial charge on any atom is -0.455 e. The van der Waals surface area contributed by atoms with Crippen LogP contribution in [-0.4, -0.2) is 20.9 Å². The third-order valence-electron chi connectivity index (χ3n) is 4.34. The smallest absolute Gasteiger partial charge is 0.287 e. The number of nitrogens with two attached hydrogens (primary N) is 1. The molecule has 2 fully saturated rings. The fourth-order valence-corrected chi connectivity index (χ4v) is 3.50. The number of carbonyl (C=O) groups excluding carboxylic acids is 1. The van der Waals surface area contributed by atoms with E-state index in [4.69, 9.17) is 9.56 Å². The molecule has 3 rings (SSSR count). The molecule has 3 N–H and O–H groups in total. The van der Waals surface area contributed by atoms with Crippen molar-refractivity contribution in [2.24, 2.45) is 16.5 Å². The number of carbonyl (C=O) groups is 1. The van der Waals surface area contributed by atoms with Crippen LogP contribution in [0.3, 0.4) is 0 Å². The van der Waals surface area contributed by atoms with Crippen molar-refractivity contribution < 1.29 is 17.6 Å². The molecule has 0 aliphatic heterocycles. The first-order valence-electron chi connectivity index (χ1n) is 6.73. The summed E-state index contributed by atoms with van der Waals surface area (Å²) in [6.45, 7) is 2.12. The van der Waals surface area contributed by atoms with E-state index < -0.39 is 10.0 Å². The Balaban J connectivity index is 1.68. The summed E-state index contributed by atoms with van der Waals surface area (Å²) in [5, 5.41) is 7.90. The molecule has 2 saturated carbocycles. The predicted octanol–water partition coefficient (Wildman–Crippen LogP) is 1.16. The fraction of sp³-hybridized carbons (Fsp3) is 0.615. The Labute approximate surface area is 117 Å². The lowest BCUT2D eigenvalue weighted by Gasteiger charge is -2.13. The number of nitrogens with one attached hydrogen (secondary N) is 1. The first kappa shape index (κ1) is 13.6. The van der Waals surface area contributed by atoms with E-state index >= 15 is 0 Å². The highest BCUT2D eigenvalue weighted by molar-refractivity contribution is 7.89. The second-order valence-electron chi connectivity index (χ2n) is 5.90. The van der Waals surface area contributed by atoms with Crippen LogP contribution in [0.4, 0.5) is 0 Å². The van der Waals surface area contributed by atoms with E-state index in [0.29, 0.717) is 12.0 Å². The van der Waals surface area contributed by atoms with Crippen molar-refractivity contribution in [1.82, 2.24) is 5.32 Å². The van der Waals surface area contributed by atoms with Gasteiger partial charge in [0.1, 0.15) is 10.7 Å². The topological polar surface area (TPSA) is 102 Å². The summed E-state index contributed by atoms with van der Waals surface area (Å²) in [5.41, 5.74) is 0.292. The van der Waals surface area contributed by atoms with Crippen LogP contribution in [0.5, 0.6) is 0 Å². The zero-order valence-electron chi connectivity index (χ0n) is 11.3. The van der Waals surface area contributed by atoms with Crippen molar-refractivity contribution in [3.8, 4) is 0 Å². The van der Waals surface area contributed by atoms with Crippen LogP contribution in [0, 0.1) is 18.3 Å². The molecule has 0 bridgehead atoms. The van der Waals surface area contributed by atoms with Crippen molar-refractivity contribution in [2.45, 2.75) is 37.5 Å². The maximum absolute atomic E-state index is 12.0. The Bertz CT molecular complexity index is 654. The van der Waals surface area contributed by atoms with E-state index in [1.165, 1.54) is 25.8 Å². The number of aryl methyl sites for hydroxylation is 1. The summed E-state index contributed by atoms with van der Waals surface area (Å²) in [7, 11) is -3.85. The van der Waals surface area contributed by atoms with E-state index in [1.54, 1.807) is 0 Å². The van der Waals surface area contributed by atoms with Gasteiger partial charge in [-0.1, -0.05) is 0 Å². The van der Waals surface area contributed by atoms with E-state index in [-0.39, 0.29) is 22.3 Å². The van der Waals surface area contributed by atoms with Gasteiger partial charge < -0.3 is 9.73 Å². The molecule has 0 saturated heterocycles. The summed E-state index contributed by atoms with van der Waals surface area (Å²) in [5.74, 6) is 0.509. The van der Waals surface area contributed by atoms with E-state index in [9.17, 15) is 13.2 Å². The Hall–Kier alpha value is -1.34. The molecule has 0 atom stereocenters. The van der Waals surface area contributed by atoms with Gasteiger partial charge in [-0.15, -0.1) is 0 Å². The van der Waals surface area contributed by atoms with Gasteiger partial charge in [-0.2, -0.15) is 0 Å². The molecule has 0 unspecified atom stereocenters. The first-order valence-corrected chi connectivity index (χ1v) is 8.28. The van der Waals surface area contributed by atoms with Gasteiger partial charge in [0.25, 0.3) is 5.91 Å². The van der Waals surface area contributed by atoms with Gasteiger partial charge in [0.15, 0.2) is 5.76 Å². The molecule has 1 amide bonds. The molecule has 1 aromatic heterocycles. The lowest BCUT2D eigenvalue weighted by atomic mass is 10.0. The Morgan fingerprint density at radius 3 is 2.60 bits per heavy atom. The van der Waals surface area contributed by atoms with Crippen molar-refractivity contribution in [1.29, 1.82) is 0 Å². The summed E-state index contributed by atoms with van der Waals surface area (Å²) in [6, 6.07) is 1.19. The van der Waals surface area contributed by atoms with Gasteiger partial charge >= 0.3 is 0 Å².